The number of hydrogen-bond acceptors (Lipinski definition) is 6. The van der Waals surface area contributed by atoms with Crippen LogP contribution in [0.3, 0.4) is 0 Å². The molecule has 1 aliphatic rings. The van der Waals surface area contributed by atoms with E-state index in [1.54, 1.807) is 18.2 Å². The zero-order chi connectivity index (χ0) is 22.8. The summed E-state index contributed by atoms with van der Waals surface area (Å²) in [7, 11) is 1.99. The maximum absolute atomic E-state index is 9.61. The van der Waals surface area contributed by atoms with E-state index in [-0.39, 0.29) is 5.75 Å². The molecule has 0 saturated carbocycles. The number of rotatable bonds is 7. The normalized spacial score (nSPS) is 15.8. The first-order valence-electron chi connectivity index (χ1n) is 11.0. The molecule has 3 aromatic carbocycles. The molecule has 0 bridgehead atoms. The number of fused-ring (bicyclic) bond motifs is 1. The number of aromatic hydroxyl groups is 1. The molecule has 1 saturated heterocycles. The topological polar surface area (TPSA) is 68.5 Å². The first-order chi connectivity index (χ1) is 16.0. The molecule has 7 heteroatoms. The van der Waals surface area contributed by atoms with Crippen LogP contribution in [-0.4, -0.2) is 32.3 Å². The van der Waals surface area contributed by atoms with E-state index in [1.807, 2.05) is 60.6 Å². The van der Waals surface area contributed by atoms with Crippen molar-refractivity contribution in [2.24, 2.45) is 7.05 Å². The number of phenolic OH excluding ortho intramolecular Hbond substituents is 1. The highest BCUT2D eigenvalue weighted by molar-refractivity contribution is 8.00. The Balaban J connectivity index is 1.26. The highest BCUT2D eigenvalue weighted by Gasteiger charge is 2.15. The van der Waals surface area contributed by atoms with Gasteiger partial charge in [-0.1, -0.05) is 12.1 Å². The number of ether oxygens (including phenoxy) is 2. The van der Waals surface area contributed by atoms with Gasteiger partial charge < -0.3 is 24.5 Å². The quantitative estimate of drug-likeness (QED) is 0.396. The molecule has 0 radical (unpaired) electrons. The third-order valence-electron chi connectivity index (χ3n) is 5.88. The molecule has 5 rings (SSSR count). The van der Waals surface area contributed by atoms with E-state index in [2.05, 4.69) is 17.4 Å². The van der Waals surface area contributed by atoms with E-state index in [9.17, 15) is 5.11 Å². The number of phenols is 1. The van der Waals surface area contributed by atoms with E-state index < -0.39 is 0 Å². The molecule has 0 spiro atoms. The molecular formula is C26H27N3O3S. The highest BCUT2D eigenvalue weighted by Crippen LogP contribution is 2.30. The van der Waals surface area contributed by atoms with Crippen molar-refractivity contribution in [3.05, 3.63) is 77.6 Å². The van der Waals surface area contributed by atoms with Gasteiger partial charge in [-0.15, -0.1) is 11.8 Å². The van der Waals surface area contributed by atoms with Crippen molar-refractivity contribution in [1.29, 1.82) is 0 Å². The molecule has 0 amide bonds. The molecule has 1 aliphatic heterocycles. The number of aromatic nitrogens is 2. The van der Waals surface area contributed by atoms with Crippen LogP contribution in [0.1, 0.15) is 17.0 Å². The van der Waals surface area contributed by atoms with Gasteiger partial charge in [0.2, 0.25) is 0 Å². The van der Waals surface area contributed by atoms with Crippen LogP contribution in [0.15, 0.2) is 60.7 Å². The summed E-state index contributed by atoms with van der Waals surface area (Å²) in [5, 5.41) is 13.7. The Morgan fingerprint density at radius 3 is 2.67 bits per heavy atom. The van der Waals surface area contributed by atoms with Gasteiger partial charge in [-0.05, 0) is 66.9 Å². The predicted molar refractivity (Wildman–Crippen MR) is 132 cm³/mol. The van der Waals surface area contributed by atoms with Gasteiger partial charge in [-0.25, -0.2) is 4.98 Å². The summed E-state index contributed by atoms with van der Waals surface area (Å²) in [6.07, 6.45) is 1.08. The molecular weight excluding hydrogens is 434 g/mol. The Bertz CT molecular complexity index is 1260. The minimum absolute atomic E-state index is 0.228. The van der Waals surface area contributed by atoms with Gasteiger partial charge >= 0.3 is 0 Å². The maximum atomic E-state index is 9.61. The zero-order valence-electron chi connectivity index (χ0n) is 18.7. The summed E-state index contributed by atoms with van der Waals surface area (Å²) in [5.74, 6) is 4.40. The van der Waals surface area contributed by atoms with E-state index in [1.165, 1.54) is 5.56 Å². The fourth-order valence-electron chi connectivity index (χ4n) is 4.01. The Kier molecular flexibility index (Phi) is 6.15. The predicted octanol–water partition coefficient (Wildman–Crippen LogP) is 5.16. The molecule has 1 aromatic heterocycles. The van der Waals surface area contributed by atoms with Crippen molar-refractivity contribution in [3.8, 4) is 23.0 Å². The van der Waals surface area contributed by atoms with E-state index in [4.69, 9.17) is 14.5 Å². The fraction of sp³-hybridized carbons (Fsp3) is 0.269. The largest absolute Gasteiger partial charge is 0.508 e. The second kappa shape index (κ2) is 9.37. The number of nitrogens with one attached hydrogen (secondary N) is 1. The minimum atomic E-state index is 0.228. The Morgan fingerprint density at radius 1 is 1.09 bits per heavy atom. The van der Waals surface area contributed by atoms with Gasteiger partial charge in [0.25, 0.3) is 0 Å². The monoisotopic (exact) mass is 461 g/mol. The van der Waals surface area contributed by atoms with E-state index in [0.29, 0.717) is 17.6 Å². The molecule has 1 atom stereocenters. The van der Waals surface area contributed by atoms with Gasteiger partial charge in [0.05, 0.1) is 11.0 Å². The van der Waals surface area contributed by atoms with Crippen LogP contribution in [-0.2, 0) is 20.1 Å². The minimum Gasteiger partial charge on any atom is -0.508 e. The number of benzene rings is 3. The number of thioether (sulfide) groups is 1. The first-order valence-corrected chi connectivity index (χ1v) is 12.1. The van der Waals surface area contributed by atoms with Crippen molar-refractivity contribution in [2.75, 3.05) is 12.4 Å². The molecule has 0 aliphatic carbocycles. The molecule has 33 heavy (non-hydrogen) atoms. The average molecular weight is 462 g/mol. The van der Waals surface area contributed by atoms with Crippen LogP contribution in [0.2, 0.25) is 0 Å². The Labute approximate surface area is 197 Å². The van der Waals surface area contributed by atoms with Crippen molar-refractivity contribution in [2.45, 2.75) is 25.2 Å². The standard InChI is InChI=1S/C26H27N3O3S/c1-17-11-19(30)5-10-25(17)32-21-8-9-23-24(13-21)29(2)26(28-23)15-31-20-6-3-18(4-7-20)12-22-14-27-16-33-22/h3-11,13,22,27,30H,12,14-16H2,1-2H3. The summed E-state index contributed by atoms with van der Waals surface area (Å²) < 4.78 is 14.1. The van der Waals surface area contributed by atoms with Crippen molar-refractivity contribution < 1.29 is 14.6 Å². The van der Waals surface area contributed by atoms with Gasteiger partial charge in [0.15, 0.2) is 0 Å². The van der Waals surface area contributed by atoms with Gasteiger partial charge in [0, 0.05) is 30.8 Å². The number of aryl methyl sites for hydroxylation is 2. The van der Waals surface area contributed by atoms with Crippen LogP contribution in [0.5, 0.6) is 23.0 Å². The SMILES string of the molecule is Cc1cc(O)ccc1Oc1ccc2nc(COc3ccc(CC4CNCS4)cc3)n(C)c2c1. The van der Waals surface area contributed by atoms with Crippen LogP contribution in [0.4, 0.5) is 0 Å². The summed E-state index contributed by atoms with van der Waals surface area (Å²) >= 11 is 1.98. The molecule has 1 unspecified atom stereocenters. The van der Waals surface area contributed by atoms with Crippen LogP contribution < -0.4 is 14.8 Å². The molecule has 4 aromatic rings. The lowest BCUT2D eigenvalue weighted by atomic mass is 10.1. The molecule has 170 valence electrons. The number of imidazole rings is 1. The molecule has 6 nitrogen and oxygen atoms in total. The van der Waals surface area contributed by atoms with Crippen molar-refractivity contribution in [3.63, 3.8) is 0 Å². The average Bonchev–Trinajstić information content (AvgIpc) is 3.43. The molecule has 1 fully saturated rings. The molecule has 2 N–H and O–H groups in total. The highest BCUT2D eigenvalue weighted by atomic mass is 32.2. The summed E-state index contributed by atoms with van der Waals surface area (Å²) in [6.45, 7) is 3.38. The number of nitrogens with zero attached hydrogens (tertiary/aromatic N) is 2. The van der Waals surface area contributed by atoms with Gasteiger partial charge in [0.1, 0.15) is 35.4 Å². The Morgan fingerprint density at radius 2 is 1.91 bits per heavy atom. The van der Waals surface area contributed by atoms with Crippen molar-refractivity contribution in [1.82, 2.24) is 14.9 Å². The van der Waals surface area contributed by atoms with Gasteiger partial charge in [-0.3, -0.25) is 0 Å². The number of hydrogen-bond donors (Lipinski definition) is 2. The van der Waals surface area contributed by atoms with E-state index >= 15 is 0 Å². The Hall–Kier alpha value is -3.16. The van der Waals surface area contributed by atoms with Crippen molar-refractivity contribution >= 4 is 22.8 Å². The second-order valence-corrected chi connectivity index (χ2v) is 9.60. The summed E-state index contributed by atoms with van der Waals surface area (Å²) in [4.78, 5) is 4.73. The van der Waals surface area contributed by atoms with Crippen LogP contribution in [0.25, 0.3) is 11.0 Å². The maximum Gasteiger partial charge on any atom is 0.147 e. The summed E-state index contributed by atoms with van der Waals surface area (Å²) in [6, 6.07) is 19.3. The first kappa shape index (κ1) is 21.7. The van der Waals surface area contributed by atoms with Gasteiger partial charge in [-0.2, -0.15) is 0 Å². The van der Waals surface area contributed by atoms with Crippen LogP contribution >= 0.6 is 11.8 Å². The molecule has 2 heterocycles. The lowest BCUT2D eigenvalue weighted by molar-refractivity contribution is 0.292. The second-order valence-electron chi connectivity index (χ2n) is 8.31. The third kappa shape index (κ3) is 4.94. The van der Waals surface area contributed by atoms with E-state index in [0.717, 1.165) is 52.8 Å². The lowest BCUT2D eigenvalue weighted by Crippen LogP contribution is -2.14. The summed E-state index contributed by atoms with van der Waals surface area (Å²) in [5.41, 5.74) is 4.08. The third-order valence-corrected chi connectivity index (χ3v) is 7.05. The fourth-order valence-corrected chi connectivity index (χ4v) is 5.02. The lowest BCUT2D eigenvalue weighted by Gasteiger charge is -2.10. The smallest absolute Gasteiger partial charge is 0.147 e. The van der Waals surface area contributed by atoms with Crippen LogP contribution in [0, 0.1) is 6.92 Å². The zero-order valence-corrected chi connectivity index (χ0v) is 19.6.